The fraction of sp³-hybridized carbons (Fsp3) is 0.333. The van der Waals surface area contributed by atoms with E-state index in [4.69, 9.17) is 0 Å². The molecular weight excluding hydrogens is 361 g/mol. The van der Waals surface area contributed by atoms with E-state index in [1.165, 1.54) is 31.4 Å². The van der Waals surface area contributed by atoms with Crippen molar-refractivity contribution in [2.24, 2.45) is 0 Å². The molecule has 140 valence electrons. The average molecular weight is 383 g/mol. The number of carbonyl (C=O) groups excluding carboxylic acids is 1. The van der Waals surface area contributed by atoms with Gasteiger partial charge in [0.1, 0.15) is 5.82 Å². The summed E-state index contributed by atoms with van der Waals surface area (Å²) in [6, 6.07) is 10.1. The lowest BCUT2D eigenvalue weighted by Crippen LogP contribution is -2.37. The van der Waals surface area contributed by atoms with Gasteiger partial charge in [0.15, 0.2) is 0 Å². The molecule has 0 saturated carbocycles. The summed E-state index contributed by atoms with van der Waals surface area (Å²) in [4.78, 5) is 20.8. The van der Waals surface area contributed by atoms with Crippen molar-refractivity contribution in [3.63, 3.8) is 0 Å². The molecule has 1 aliphatic rings. The molecule has 1 amide bonds. The third-order valence-corrected chi connectivity index (χ3v) is 5.84. The van der Waals surface area contributed by atoms with Crippen molar-refractivity contribution in [1.29, 1.82) is 0 Å². The minimum atomic E-state index is -0.365. The van der Waals surface area contributed by atoms with E-state index in [1.807, 2.05) is 17.5 Å². The van der Waals surface area contributed by atoms with Crippen LogP contribution >= 0.6 is 11.3 Å². The number of aromatic nitrogens is 1. The average Bonchev–Trinajstić information content (AvgIpc) is 3.23. The lowest BCUT2D eigenvalue weighted by molar-refractivity contribution is 0.0948. The summed E-state index contributed by atoms with van der Waals surface area (Å²) in [5.41, 5.74) is 1.84. The minimum absolute atomic E-state index is 0.178. The zero-order valence-corrected chi connectivity index (χ0v) is 15.9. The molecular formula is C21H22FN3OS. The van der Waals surface area contributed by atoms with E-state index in [0.717, 1.165) is 30.2 Å². The zero-order valence-electron chi connectivity index (χ0n) is 15.1. The van der Waals surface area contributed by atoms with Gasteiger partial charge in [0, 0.05) is 18.5 Å². The number of rotatable bonds is 5. The van der Waals surface area contributed by atoms with Crippen LogP contribution in [0.25, 0.3) is 21.5 Å². The molecule has 3 heterocycles. The molecule has 4 rings (SSSR count). The van der Waals surface area contributed by atoms with Crippen LogP contribution < -0.4 is 5.32 Å². The topological polar surface area (TPSA) is 45.2 Å². The van der Waals surface area contributed by atoms with Gasteiger partial charge in [0.05, 0.1) is 21.7 Å². The van der Waals surface area contributed by atoms with Crippen molar-refractivity contribution >= 4 is 28.1 Å². The maximum absolute atomic E-state index is 13.8. The molecule has 4 nitrogen and oxygen atoms in total. The third-order valence-electron chi connectivity index (χ3n) is 4.95. The van der Waals surface area contributed by atoms with Gasteiger partial charge in [-0.25, -0.2) is 9.37 Å². The van der Waals surface area contributed by atoms with Crippen molar-refractivity contribution < 1.29 is 9.18 Å². The Morgan fingerprint density at radius 1 is 1.19 bits per heavy atom. The van der Waals surface area contributed by atoms with Gasteiger partial charge < -0.3 is 10.2 Å². The highest BCUT2D eigenvalue weighted by molar-refractivity contribution is 7.13. The van der Waals surface area contributed by atoms with Gasteiger partial charge in [-0.15, -0.1) is 11.3 Å². The van der Waals surface area contributed by atoms with Crippen molar-refractivity contribution in [3.05, 3.63) is 53.2 Å². The van der Waals surface area contributed by atoms with Crippen LogP contribution in [0.3, 0.4) is 0 Å². The number of thiophene rings is 1. The predicted octanol–water partition coefficient (Wildman–Crippen LogP) is 4.32. The van der Waals surface area contributed by atoms with Crippen LogP contribution in [-0.2, 0) is 0 Å². The number of halogens is 1. The first-order valence-corrected chi connectivity index (χ1v) is 10.2. The van der Waals surface area contributed by atoms with Crippen molar-refractivity contribution in [3.8, 4) is 10.6 Å². The molecule has 27 heavy (non-hydrogen) atoms. The summed E-state index contributed by atoms with van der Waals surface area (Å²) < 4.78 is 13.8. The van der Waals surface area contributed by atoms with E-state index in [-0.39, 0.29) is 11.7 Å². The summed E-state index contributed by atoms with van der Waals surface area (Å²) >= 11 is 1.57. The number of hydrogen-bond acceptors (Lipinski definition) is 4. The quantitative estimate of drug-likeness (QED) is 0.714. The maximum atomic E-state index is 13.8. The van der Waals surface area contributed by atoms with Crippen LogP contribution in [0.4, 0.5) is 4.39 Å². The monoisotopic (exact) mass is 383 g/mol. The van der Waals surface area contributed by atoms with Gasteiger partial charge in [-0.3, -0.25) is 4.79 Å². The lowest BCUT2D eigenvalue weighted by atomic mass is 10.1. The van der Waals surface area contributed by atoms with E-state index in [9.17, 15) is 9.18 Å². The van der Waals surface area contributed by atoms with Crippen molar-refractivity contribution in [2.45, 2.75) is 19.3 Å². The first-order chi connectivity index (χ1) is 13.2. The summed E-state index contributed by atoms with van der Waals surface area (Å²) in [6.07, 6.45) is 3.75. The number of likely N-dealkylation sites (tertiary alicyclic amines) is 1. The highest BCUT2D eigenvalue weighted by Gasteiger charge is 2.16. The molecule has 2 aromatic heterocycles. The molecule has 1 saturated heterocycles. The molecule has 0 aliphatic carbocycles. The molecule has 1 fully saturated rings. The smallest absolute Gasteiger partial charge is 0.252 e. The van der Waals surface area contributed by atoms with E-state index in [2.05, 4.69) is 15.2 Å². The molecule has 1 N–H and O–H groups in total. The zero-order chi connectivity index (χ0) is 18.6. The molecule has 1 aromatic carbocycles. The number of nitrogens with zero attached hydrogens (tertiary/aromatic N) is 2. The van der Waals surface area contributed by atoms with Crippen LogP contribution in [0.1, 0.15) is 29.6 Å². The number of amides is 1. The number of hydrogen-bond donors (Lipinski definition) is 1. The predicted molar refractivity (Wildman–Crippen MR) is 108 cm³/mol. The van der Waals surface area contributed by atoms with Gasteiger partial charge >= 0.3 is 0 Å². The van der Waals surface area contributed by atoms with Crippen LogP contribution in [-0.4, -0.2) is 42.0 Å². The van der Waals surface area contributed by atoms with Gasteiger partial charge in [-0.2, -0.15) is 0 Å². The first kappa shape index (κ1) is 18.1. The summed E-state index contributed by atoms with van der Waals surface area (Å²) in [6.45, 7) is 3.64. The highest BCUT2D eigenvalue weighted by atomic mass is 32.1. The second kappa shape index (κ2) is 8.15. The number of piperidine rings is 1. The Bertz CT molecular complexity index is 936. The Morgan fingerprint density at radius 2 is 2.04 bits per heavy atom. The van der Waals surface area contributed by atoms with Crippen LogP contribution in [0.2, 0.25) is 0 Å². The molecule has 0 radical (unpaired) electrons. The van der Waals surface area contributed by atoms with E-state index in [1.54, 1.807) is 23.5 Å². The Labute approximate surface area is 162 Å². The Morgan fingerprint density at radius 3 is 2.81 bits per heavy atom. The third kappa shape index (κ3) is 4.17. The SMILES string of the molecule is O=C(NCCN1CCCCC1)c1cc(-c2cccs2)nc2ccc(F)cc12. The summed E-state index contributed by atoms with van der Waals surface area (Å²) in [5.74, 6) is -0.543. The van der Waals surface area contributed by atoms with Gasteiger partial charge in [-0.1, -0.05) is 12.5 Å². The molecule has 0 atom stereocenters. The second-order valence-corrected chi connectivity index (χ2v) is 7.80. The van der Waals surface area contributed by atoms with E-state index < -0.39 is 0 Å². The first-order valence-electron chi connectivity index (χ1n) is 9.35. The molecule has 0 spiro atoms. The van der Waals surface area contributed by atoms with Gasteiger partial charge in [-0.05, 0) is 61.6 Å². The number of nitrogens with one attached hydrogen (secondary N) is 1. The lowest BCUT2D eigenvalue weighted by Gasteiger charge is -2.26. The molecule has 1 aliphatic heterocycles. The van der Waals surface area contributed by atoms with E-state index >= 15 is 0 Å². The van der Waals surface area contributed by atoms with E-state index in [0.29, 0.717) is 23.0 Å². The molecule has 3 aromatic rings. The standard InChI is InChI=1S/C21H22FN3OS/c22-15-6-7-18-16(13-15)17(14-19(24-18)20-5-4-12-27-20)21(26)23-8-11-25-9-2-1-3-10-25/h4-7,12-14H,1-3,8-11H2,(H,23,26). The molecule has 0 bridgehead atoms. The van der Waals surface area contributed by atoms with Gasteiger partial charge in [0.2, 0.25) is 0 Å². The number of fused-ring (bicyclic) bond motifs is 1. The highest BCUT2D eigenvalue weighted by Crippen LogP contribution is 2.28. The fourth-order valence-corrected chi connectivity index (χ4v) is 4.23. The second-order valence-electron chi connectivity index (χ2n) is 6.85. The molecule has 6 heteroatoms. The number of benzene rings is 1. The Balaban J connectivity index is 1.58. The summed E-state index contributed by atoms with van der Waals surface area (Å²) in [7, 11) is 0. The maximum Gasteiger partial charge on any atom is 0.252 e. The van der Waals surface area contributed by atoms with Crippen LogP contribution in [0.15, 0.2) is 41.8 Å². The Kier molecular flexibility index (Phi) is 5.45. The van der Waals surface area contributed by atoms with Gasteiger partial charge in [0.25, 0.3) is 5.91 Å². The largest absolute Gasteiger partial charge is 0.351 e. The Hall–Kier alpha value is -2.31. The van der Waals surface area contributed by atoms with Crippen LogP contribution in [0.5, 0.6) is 0 Å². The summed E-state index contributed by atoms with van der Waals surface area (Å²) in [5, 5.41) is 5.53. The van der Waals surface area contributed by atoms with Crippen molar-refractivity contribution in [1.82, 2.24) is 15.2 Å². The molecule has 0 unspecified atom stereocenters. The normalized spacial score (nSPS) is 15.1. The number of carbonyl (C=O) groups is 1. The minimum Gasteiger partial charge on any atom is -0.351 e. The van der Waals surface area contributed by atoms with Crippen LogP contribution in [0, 0.1) is 5.82 Å². The fourth-order valence-electron chi connectivity index (χ4n) is 3.54. The van der Waals surface area contributed by atoms with Crippen molar-refractivity contribution in [2.75, 3.05) is 26.2 Å². The number of pyridine rings is 1.